The van der Waals surface area contributed by atoms with Crippen LogP contribution in [0.3, 0.4) is 0 Å². The smallest absolute Gasteiger partial charge is 0.262 e. The molecule has 3 aromatic rings. The van der Waals surface area contributed by atoms with Gasteiger partial charge in [0.15, 0.2) is 11.0 Å². The summed E-state index contributed by atoms with van der Waals surface area (Å²) in [6.07, 6.45) is 3.65. The zero-order chi connectivity index (χ0) is 25.8. The van der Waals surface area contributed by atoms with Gasteiger partial charge in [-0.05, 0) is 50.8 Å². The third kappa shape index (κ3) is 6.20. The summed E-state index contributed by atoms with van der Waals surface area (Å²) < 4.78 is 17.9. The van der Waals surface area contributed by atoms with Crippen molar-refractivity contribution in [2.75, 3.05) is 30.8 Å². The van der Waals surface area contributed by atoms with Crippen molar-refractivity contribution in [3.63, 3.8) is 0 Å². The van der Waals surface area contributed by atoms with Crippen LogP contribution in [0.5, 0.6) is 0 Å². The first kappa shape index (κ1) is 25.4. The quantitative estimate of drug-likeness (QED) is 0.318. The van der Waals surface area contributed by atoms with Gasteiger partial charge >= 0.3 is 0 Å². The summed E-state index contributed by atoms with van der Waals surface area (Å²) in [6.45, 7) is 3.89. The van der Waals surface area contributed by atoms with Gasteiger partial charge in [0.25, 0.3) is 11.5 Å². The number of carbonyl (C=O) groups is 2. The molecule has 0 spiro atoms. The van der Waals surface area contributed by atoms with E-state index in [1.807, 2.05) is 0 Å². The number of aromatic nitrogens is 3. The second-order valence-corrected chi connectivity index (χ2v) is 10.1. The van der Waals surface area contributed by atoms with Gasteiger partial charge in [0.1, 0.15) is 5.76 Å². The van der Waals surface area contributed by atoms with Crippen molar-refractivity contribution in [2.24, 2.45) is 0 Å². The average molecular weight is 528 g/mol. The van der Waals surface area contributed by atoms with Gasteiger partial charge in [-0.15, -0.1) is 0 Å². The second kappa shape index (κ2) is 11.4. The number of fused-ring (bicyclic) bond motifs is 1. The van der Waals surface area contributed by atoms with Gasteiger partial charge in [0.05, 0.1) is 35.4 Å². The molecule has 2 fully saturated rings. The molecule has 2 atom stereocenters. The van der Waals surface area contributed by atoms with Crippen LogP contribution in [0.2, 0.25) is 0 Å². The van der Waals surface area contributed by atoms with Gasteiger partial charge in [-0.2, -0.15) is 0 Å². The summed E-state index contributed by atoms with van der Waals surface area (Å²) in [4.78, 5) is 43.4. The lowest BCUT2D eigenvalue weighted by Crippen LogP contribution is -2.32. The number of thioether (sulfide) groups is 1. The van der Waals surface area contributed by atoms with Gasteiger partial charge in [-0.1, -0.05) is 16.9 Å². The van der Waals surface area contributed by atoms with Crippen molar-refractivity contribution in [1.82, 2.24) is 20.0 Å². The number of hydrogen-bond acceptors (Lipinski definition) is 9. The first-order valence-corrected chi connectivity index (χ1v) is 13.4. The molecule has 0 aliphatic carbocycles. The van der Waals surface area contributed by atoms with Crippen LogP contribution in [-0.4, -0.2) is 64.2 Å². The molecule has 0 saturated carbocycles. The van der Waals surface area contributed by atoms with Crippen molar-refractivity contribution in [3.8, 4) is 0 Å². The van der Waals surface area contributed by atoms with Gasteiger partial charge in [0, 0.05) is 31.4 Å². The number of amides is 2. The molecule has 1 aromatic carbocycles. The number of ether oxygens (including phenoxy) is 2. The zero-order valence-electron chi connectivity index (χ0n) is 20.5. The predicted molar refractivity (Wildman–Crippen MR) is 137 cm³/mol. The first-order chi connectivity index (χ1) is 18.0. The molecule has 0 bridgehead atoms. The summed E-state index contributed by atoms with van der Waals surface area (Å²) in [6, 6.07) is 6.49. The van der Waals surface area contributed by atoms with E-state index in [1.54, 1.807) is 35.8 Å². The van der Waals surface area contributed by atoms with Crippen LogP contribution in [0.15, 0.2) is 38.7 Å². The second-order valence-electron chi connectivity index (χ2n) is 9.18. The molecular weight excluding hydrogens is 498 g/mol. The van der Waals surface area contributed by atoms with Crippen LogP contribution in [0.4, 0.5) is 5.82 Å². The Morgan fingerprint density at radius 2 is 1.92 bits per heavy atom. The minimum Gasteiger partial charge on any atom is -0.376 e. The average Bonchev–Trinajstić information content (AvgIpc) is 3.67. The maximum atomic E-state index is 13.5. The number of carbonyl (C=O) groups excluding carboxylic acids is 2. The van der Waals surface area contributed by atoms with Crippen molar-refractivity contribution in [3.05, 3.63) is 45.9 Å². The van der Waals surface area contributed by atoms with Crippen molar-refractivity contribution >= 4 is 40.3 Å². The van der Waals surface area contributed by atoms with Crippen molar-refractivity contribution < 1.29 is 23.6 Å². The standard InChI is InChI=1S/C25H29N5O6S/c1-15-10-21(29-36-15)28-22(31)14-37-25-27-20-11-16(23(32)26-12-17-4-2-8-34-17)6-7-19(20)24(33)30(25)13-18-5-3-9-35-18/h6-7,10-11,17-18H,2-5,8-9,12-14H2,1H3,(H,26,32)(H,28,29,31)/t17-,18-/m0/s1. The first-order valence-electron chi connectivity index (χ1n) is 12.4. The van der Waals surface area contributed by atoms with E-state index < -0.39 is 0 Å². The fraction of sp³-hybridized carbons (Fsp3) is 0.480. The molecule has 5 rings (SSSR count). The highest BCUT2D eigenvalue weighted by Gasteiger charge is 2.22. The number of anilines is 1. The Hall–Kier alpha value is -3.22. The third-order valence-corrected chi connectivity index (χ3v) is 7.31. The molecule has 2 saturated heterocycles. The summed E-state index contributed by atoms with van der Waals surface area (Å²) in [7, 11) is 0. The van der Waals surface area contributed by atoms with E-state index in [4.69, 9.17) is 19.0 Å². The molecule has 196 valence electrons. The maximum absolute atomic E-state index is 13.5. The van der Waals surface area contributed by atoms with Gasteiger partial charge in [-0.3, -0.25) is 19.0 Å². The zero-order valence-corrected chi connectivity index (χ0v) is 21.3. The minimum atomic E-state index is -0.307. The van der Waals surface area contributed by atoms with Crippen LogP contribution in [0.1, 0.15) is 41.8 Å². The van der Waals surface area contributed by atoms with Gasteiger partial charge in [0.2, 0.25) is 5.91 Å². The number of nitrogens with one attached hydrogen (secondary N) is 2. The number of benzene rings is 1. The summed E-state index contributed by atoms with van der Waals surface area (Å²) in [5, 5.41) is 10.1. The number of nitrogens with zero attached hydrogens (tertiary/aromatic N) is 3. The molecule has 2 aliphatic rings. The summed E-state index contributed by atoms with van der Waals surface area (Å²) in [5.41, 5.74) is 0.569. The third-order valence-electron chi connectivity index (χ3n) is 6.33. The highest BCUT2D eigenvalue weighted by molar-refractivity contribution is 7.99. The Kier molecular flexibility index (Phi) is 7.87. The number of hydrogen-bond donors (Lipinski definition) is 2. The Bertz CT molecular complexity index is 1340. The lowest BCUT2D eigenvalue weighted by molar-refractivity contribution is -0.113. The fourth-order valence-corrected chi connectivity index (χ4v) is 5.26. The number of rotatable bonds is 9. The Morgan fingerprint density at radius 1 is 1.14 bits per heavy atom. The van der Waals surface area contributed by atoms with Crippen LogP contribution >= 0.6 is 11.8 Å². The van der Waals surface area contributed by atoms with Gasteiger partial charge in [-0.25, -0.2) is 4.98 Å². The van der Waals surface area contributed by atoms with Gasteiger partial charge < -0.3 is 24.6 Å². The van der Waals surface area contributed by atoms with Crippen LogP contribution in [-0.2, 0) is 20.8 Å². The topological polar surface area (TPSA) is 138 Å². The van der Waals surface area contributed by atoms with E-state index in [0.29, 0.717) is 52.9 Å². The van der Waals surface area contributed by atoms with E-state index in [9.17, 15) is 14.4 Å². The van der Waals surface area contributed by atoms with Crippen LogP contribution in [0, 0.1) is 6.92 Å². The lowest BCUT2D eigenvalue weighted by Gasteiger charge is -2.17. The Morgan fingerprint density at radius 3 is 2.62 bits per heavy atom. The molecule has 2 aromatic heterocycles. The SMILES string of the molecule is Cc1cc(NC(=O)CSc2nc3cc(C(=O)NC[C@@H]4CCCO4)ccc3c(=O)n2C[C@@H]2CCCO2)no1. The molecule has 4 heterocycles. The Labute approximate surface area is 217 Å². The molecule has 11 nitrogen and oxygen atoms in total. The highest BCUT2D eigenvalue weighted by atomic mass is 32.2. The monoisotopic (exact) mass is 527 g/mol. The van der Waals surface area contributed by atoms with Crippen LogP contribution < -0.4 is 16.2 Å². The van der Waals surface area contributed by atoms with E-state index in [2.05, 4.69) is 15.8 Å². The lowest BCUT2D eigenvalue weighted by atomic mass is 10.1. The molecule has 12 heteroatoms. The highest BCUT2D eigenvalue weighted by Crippen LogP contribution is 2.22. The van der Waals surface area contributed by atoms with E-state index >= 15 is 0 Å². The molecule has 2 amide bonds. The minimum absolute atomic E-state index is 0.0109. The summed E-state index contributed by atoms with van der Waals surface area (Å²) >= 11 is 1.14. The molecule has 2 N–H and O–H groups in total. The largest absolute Gasteiger partial charge is 0.376 e. The normalized spacial score (nSPS) is 19.4. The van der Waals surface area contributed by atoms with Crippen LogP contribution in [0.25, 0.3) is 10.9 Å². The fourth-order valence-electron chi connectivity index (χ4n) is 4.45. The molecule has 37 heavy (non-hydrogen) atoms. The Balaban J connectivity index is 1.37. The predicted octanol–water partition coefficient (Wildman–Crippen LogP) is 2.51. The molecular formula is C25H29N5O6S. The summed E-state index contributed by atoms with van der Waals surface area (Å²) in [5.74, 6) is 0.361. The van der Waals surface area contributed by atoms with Crippen molar-refractivity contribution in [2.45, 2.75) is 56.5 Å². The molecule has 2 aliphatic heterocycles. The number of aryl methyl sites for hydroxylation is 1. The van der Waals surface area contributed by atoms with E-state index in [1.165, 1.54) is 0 Å². The molecule has 0 unspecified atom stereocenters. The van der Waals surface area contributed by atoms with Crippen molar-refractivity contribution in [1.29, 1.82) is 0 Å². The van der Waals surface area contributed by atoms with E-state index in [0.717, 1.165) is 44.1 Å². The van der Waals surface area contributed by atoms with E-state index in [-0.39, 0.29) is 35.3 Å². The maximum Gasteiger partial charge on any atom is 0.262 e. The molecule has 0 radical (unpaired) electrons.